The largest absolute Gasteiger partial charge is 0.501 e. The van der Waals surface area contributed by atoms with Gasteiger partial charge in [0.15, 0.2) is 11.5 Å². The van der Waals surface area contributed by atoms with Gasteiger partial charge in [-0.1, -0.05) is 36.4 Å². The lowest BCUT2D eigenvalue weighted by Crippen LogP contribution is -2.15. The Bertz CT molecular complexity index is 1100. The first-order valence-electron chi connectivity index (χ1n) is 7.37. The molecule has 4 aromatic rings. The van der Waals surface area contributed by atoms with Crippen LogP contribution in [0, 0.1) is 6.92 Å². The monoisotopic (exact) mass is 319 g/mol. The summed E-state index contributed by atoms with van der Waals surface area (Å²) in [6, 6.07) is 13.0. The molecule has 0 radical (unpaired) electrons. The highest BCUT2D eigenvalue weighted by Gasteiger charge is 2.18. The van der Waals surface area contributed by atoms with E-state index in [-0.39, 0.29) is 11.6 Å². The van der Waals surface area contributed by atoms with Crippen LogP contribution in [0.4, 0.5) is 0 Å². The van der Waals surface area contributed by atoms with E-state index in [9.17, 15) is 9.90 Å². The van der Waals surface area contributed by atoms with Crippen molar-refractivity contribution in [3.05, 3.63) is 70.8 Å². The smallest absolute Gasteiger partial charge is 0.300 e. The molecule has 0 aliphatic rings. The van der Waals surface area contributed by atoms with E-state index in [0.717, 1.165) is 11.1 Å². The Morgan fingerprint density at radius 1 is 1.12 bits per heavy atom. The van der Waals surface area contributed by atoms with E-state index >= 15 is 0 Å². The molecule has 3 heterocycles. The number of rotatable bonds is 2. The molecule has 0 amide bonds. The first-order chi connectivity index (χ1) is 11.6. The lowest BCUT2D eigenvalue weighted by molar-refractivity contribution is 0.460. The second-order valence-corrected chi connectivity index (χ2v) is 5.44. The van der Waals surface area contributed by atoms with Gasteiger partial charge in [0.25, 0.3) is 0 Å². The molecule has 0 bridgehead atoms. The van der Waals surface area contributed by atoms with Crippen LogP contribution in [-0.4, -0.2) is 19.5 Å². The van der Waals surface area contributed by atoms with Crippen LogP contribution in [0.3, 0.4) is 0 Å². The van der Waals surface area contributed by atoms with Crippen LogP contribution in [-0.2, 0) is 0 Å². The number of aryl methyl sites for hydroxylation is 1. The lowest BCUT2D eigenvalue weighted by Gasteiger charge is -2.05. The van der Waals surface area contributed by atoms with Crippen molar-refractivity contribution < 1.29 is 9.52 Å². The van der Waals surface area contributed by atoms with Crippen LogP contribution < -0.4 is 5.56 Å². The summed E-state index contributed by atoms with van der Waals surface area (Å²) in [6.07, 6.45) is 3.17. The van der Waals surface area contributed by atoms with Gasteiger partial charge in [0.1, 0.15) is 5.65 Å². The molecule has 3 aromatic heterocycles. The number of fused-ring (bicyclic) bond motifs is 1. The summed E-state index contributed by atoms with van der Waals surface area (Å²) in [4.78, 5) is 20.8. The van der Waals surface area contributed by atoms with Crippen LogP contribution in [0.5, 0.6) is 5.75 Å². The minimum absolute atomic E-state index is 0.0334. The van der Waals surface area contributed by atoms with E-state index in [4.69, 9.17) is 4.42 Å². The van der Waals surface area contributed by atoms with Gasteiger partial charge in [0.05, 0.1) is 6.20 Å². The van der Waals surface area contributed by atoms with Gasteiger partial charge in [-0.3, -0.25) is 9.20 Å². The third-order valence-corrected chi connectivity index (χ3v) is 3.71. The van der Waals surface area contributed by atoms with E-state index in [1.54, 1.807) is 18.5 Å². The Labute approximate surface area is 136 Å². The molecular weight excluding hydrogens is 306 g/mol. The molecule has 1 N–H and O–H groups in total. The summed E-state index contributed by atoms with van der Waals surface area (Å²) in [5.74, 6) is 0.155. The molecule has 118 valence electrons. The SMILES string of the molecule is Cc1ccc2nc(-c3ncc(-c4ccccc4)o3)c(O)c(=O)n2c1. The average Bonchev–Trinajstić information content (AvgIpc) is 3.09. The summed E-state index contributed by atoms with van der Waals surface area (Å²) in [5.41, 5.74) is 1.63. The van der Waals surface area contributed by atoms with Gasteiger partial charge in [0, 0.05) is 11.8 Å². The Kier molecular flexibility index (Phi) is 3.16. The number of oxazole rings is 1. The quantitative estimate of drug-likeness (QED) is 0.614. The van der Waals surface area contributed by atoms with Crippen molar-refractivity contribution in [2.75, 3.05) is 0 Å². The maximum Gasteiger partial charge on any atom is 0.300 e. The highest BCUT2D eigenvalue weighted by atomic mass is 16.4. The van der Waals surface area contributed by atoms with Gasteiger partial charge in [-0.05, 0) is 18.6 Å². The summed E-state index contributed by atoms with van der Waals surface area (Å²) in [5, 5.41) is 10.2. The Morgan fingerprint density at radius 3 is 2.71 bits per heavy atom. The summed E-state index contributed by atoms with van der Waals surface area (Å²) < 4.78 is 6.98. The van der Waals surface area contributed by atoms with E-state index in [1.807, 2.05) is 43.3 Å². The van der Waals surface area contributed by atoms with Crippen molar-refractivity contribution in [1.82, 2.24) is 14.4 Å². The number of benzene rings is 1. The first kappa shape index (κ1) is 14.2. The van der Waals surface area contributed by atoms with Gasteiger partial charge in [-0.15, -0.1) is 0 Å². The summed E-state index contributed by atoms with van der Waals surface area (Å²) in [6.45, 7) is 1.86. The molecule has 0 spiro atoms. The predicted octanol–water partition coefficient (Wildman–Crippen LogP) is 3.03. The molecule has 4 rings (SSSR count). The molecule has 6 heteroatoms. The van der Waals surface area contributed by atoms with Crippen LogP contribution in [0.2, 0.25) is 0 Å². The molecule has 0 fully saturated rings. The van der Waals surface area contributed by atoms with Gasteiger partial charge in [0.2, 0.25) is 11.6 Å². The molecule has 0 aliphatic carbocycles. The topological polar surface area (TPSA) is 80.6 Å². The third-order valence-electron chi connectivity index (χ3n) is 3.71. The molecule has 0 aliphatic heterocycles. The van der Waals surface area contributed by atoms with E-state index in [0.29, 0.717) is 11.4 Å². The highest BCUT2D eigenvalue weighted by molar-refractivity contribution is 5.64. The molecule has 0 atom stereocenters. The summed E-state index contributed by atoms with van der Waals surface area (Å²) in [7, 11) is 0. The van der Waals surface area contributed by atoms with Crippen LogP contribution in [0.1, 0.15) is 5.56 Å². The minimum atomic E-state index is -0.557. The number of nitrogens with zero attached hydrogens (tertiary/aromatic N) is 3. The highest BCUT2D eigenvalue weighted by Crippen LogP contribution is 2.28. The molecule has 24 heavy (non-hydrogen) atoms. The average molecular weight is 319 g/mol. The fourth-order valence-electron chi connectivity index (χ4n) is 2.50. The van der Waals surface area contributed by atoms with Crippen LogP contribution in [0.25, 0.3) is 28.6 Å². The molecule has 6 nitrogen and oxygen atoms in total. The van der Waals surface area contributed by atoms with Crippen LogP contribution >= 0.6 is 0 Å². The van der Waals surface area contributed by atoms with E-state index in [1.165, 1.54) is 4.40 Å². The molecule has 0 unspecified atom stereocenters. The Hall–Kier alpha value is -3.41. The Balaban J connectivity index is 1.88. The van der Waals surface area contributed by atoms with Gasteiger partial charge in [-0.2, -0.15) is 0 Å². The lowest BCUT2D eigenvalue weighted by atomic mass is 10.2. The van der Waals surface area contributed by atoms with E-state index < -0.39 is 11.3 Å². The van der Waals surface area contributed by atoms with Gasteiger partial charge in [-0.25, -0.2) is 9.97 Å². The van der Waals surface area contributed by atoms with Crippen molar-refractivity contribution in [1.29, 1.82) is 0 Å². The van der Waals surface area contributed by atoms with Crippen molar-refractivity contribution >= 4 is 5.65 Å². The second-order valence-electron chi connectivity index (χ2n) is 5.44. The zero-order chi connectivity index (χ0) is 16.7. The van der Waals surface area contributed by atoms with E-state index in [2.05, 4.69) is 9.97 Å². The second kappa shape index (κ2) is 5.34. The molecule has 1 aromatic carbocycles. The number of aromatic hydroxyl groups is 1. The number of hydrogen-bond acceptors (Lipinski definition) is 5. The number of aromatic nitrogens is 3. The first-order valence-corrected chi connectivity index (χ1v) is 7.37. The zero-order valence-corrected chi connectivity index (χ0v) is 12.8. The summed E-state index contributed by atoms with van der Waals surface area (Å²) >= 11 is 0. The fourth-order valence-corrected chi connectivity index (χ4v) is 2.50. The standard InChI is InChI=1S/C18H13N3O3/c1-11-7-8-14-20-15(16(22)18(23)21(14)10-11)17-19-9-13(24-17)12-5-3-2-4-6-12/h2-10,22H,1H3. The van der Waals surface area contributed by atoms with Crippen LogP contribution in [0.15, 0.2) is 64.1 Å². The minimum Gasteiger partial charge on any atom is -0.501 e. The fraction of sp³-hybridized carbons (Fsp3) is 0.0556. The van der Waals surface area contributed by atoms with Gasteiger partial charge < -0.3 is 9.52 Å². The number of hydrogen-bond donors (Lipinski definition) is 1. The maximum absolute atomic E-state index is 12.4. The Morgan fingerprint density at radius 2 is 1.92 bits per heavy atom. The van der Waals surface area contributed by atoms with Crippen molar-refractivity contribution in [3.8, 4) is 28.7 Å². The molecule has 0 saturated heterocycles. The van der Waals surface area contributed by atoms with Crippen molar-refractivity contribution in [3.63, 3.8) is 0 Å². The third kappa shape index (κ3) is 2.25. The zero-order valence-electron chi connectivity index (χ0n) is 12.8. The molecular formula is C18H13N3O3. The van der Waals surface area contributed by atoms with Crippen molar-refractivity contribution in [2.45, 2.75) is 6.92 Å². The number of pyridine rings is 1. The van der Waals surface area contributed by atoms with Crippen molar-refractivity contribution in [2.24, 2.45) is 0 Å². The van der Waals surface area contributed by atoms with Gasteiger partial charge >= 0.3 is 5.56 Å². The normalized spacial score (nSPS) is 11.0. The maximum atomic E-state index is 12.4. The predicted molar refractivity (Wildman–Crippen MR) is 88.8 cm³/mol. The molecule has 0 saturated carbocycles.